The lowest BCUT2D eigenvalue weighted by molar-refractivity contribution is 0.0956. The van der Waals surface area contributed by atoms with Crippen LogP contribution in [0.4, 0.5) is 5.69 Å². The number of halogens is 2. The van der Waals surface area contributed by atoms with E-state index >= 15 is 0 Å². The van der Waals surface area contributed by atoms with Crippen LogP contribution in [-0.2, 0) is 0 Å². The number of ether oxygens (including phenoxy) is 1. The third-order valence-electron chi connectivity index (χ3n) is 2.72. The van der Waals surface area contributed by atoms with Crippen molar-refractivity contribution in [2.24, 2.45) is 0 Å². The zero-order chi connectivity index (χ0) is 15.4. The normalized spacial score (nSPS) is 10.2. The van der Waals surface area contributed by atoms with E-state index in [0.717, 1.165) is 4.47 Å². The van der Waals surface area contributed by atoms with Crippen molar-refractivity contribution < 1.29 is 9.53 Å². The molecule has 0 heterocycles. The van der Waals surface area contributed by atoms with E-state index in [4.69, 9.17) is 22.1 Å². The van der Waals surface area contributed by atoms with Gasteiger partial charge in [0.05, 0.1) is 10.2 Å². The van der Waals surface area contributed by atoms with Gasteiger partial charge in [0, 0.05) is 17.1 Å². The molecule has 0 saturated carbocycles. The van der Waals surface area contributed by atoms with Crippen molar-refractivity contribution in [1.82, 2.24) is 5.32 Å². The van der Waals surface area contributed by atoms with E-state index < -0.39 is 0 Å². The molecular formula is C15H14BrClN2O2. The lowest BCUT2D eigenvalue weighted by atomic mass is 10.1. The van der Waals surface area contributed by atoms with Crippen molar-refractivity contribution in [3.8, 4) is 11.5 Å². The fraction of sp³-hybridized carbons (Fsp3) is 0.133. The van der Waals surface area contributed by atoms with Gasteiger partial charge in [-0.05, 0) is 59.3 Å². The number of carbonyl (C=O) groups is 1. The second kappa shape index (κ2) is 6.83. The highest BCUT2D eigenvalue weighted by Gasteiger charge is 2.10. The van der Waals surface area contributed by atoms with Crippen LogP contribution < -0.4 is 15.8 Å². The zero-order valence-electron chi connectivity index (χ0n) is 11.3. The molecule has 0 saturated heterocycles. The summed E-state index contributed by atoms with van der Waals surface area (Å²) in [5.74, 6) is 0.909. The first-order valence-corrected chi connectivity index (χ1v) is 7.49. The largest absolute Gasteiger partial charge is 0.454 e. The number of hydrogen-bond donors (Lipinski definition) is 2. The average Bonchev–Trinajstić information content (AvgIpc) is 2.44. The number of rotatable bonds is 4. The number of nitrogen functional groups attached to an aromatic ring is 1. The lowest BCUT2D eigenvalue weighted by Gasteiger charge is -2.11. The van der Waals surface area contributed by atoms with E-state index in [0.29, 0.717) is 34.3 Å². The molecule has 2 aromatic carbocycles. The van der Waals surface area contributed by atoms with Crippen molar-refractivity contribution in [3.05, 3.63) is 51.5 Å². The number of hydrogen-bond acceptors (Lipinski definition) is 3. The van der Waals surface area contributed by atoms with Gasteiger partial charge in [-0.15, -0.1) is 0 Å². The molecule has 1 amide bonds. The van der Waals surface area contributed by atoms with E-state index in [1.807, 2.05) is 6.92 Å². The number of carbonyl (C=O) groups excluding carboxylic acids is 1. The van der Waals surface area contributed by atoms with Gasteiger partial charge in [0.25, 0.3) is 5.91 Å². The van der Waals surface area contributed by atoms with Crippen molar-refractivity contribution in [3.63, 3.8) is 0 Å². The van der Waals surface area contributed by atoms with Crippen LogP contribution in [0.3, 0.4) is 0 Å². The molecule has 2 aromatic rings. The van der Waals surface area contributed by atoms with Gasteiger partial charge in [-0.3, -0.25) is 4.79 Å². The minimum absolute atomic E-state index is 0.163. The Hall–Kier alpha value is -1.72. The summed E-state index contributed by atoms with van der Waals surface area (Å²) < 4.78 is 6.45. The Morgan fingerprint density at radius 3 is 2.62 bits per heavy atom. The van der Waals surface area contributed by atoms with E-state index in [9.17, 15) is 4.79 Å². The van der Waals surface area contributed by atoms with Gasteiger partial charge in [0.2, 0.25) is 0 Å². The maximum Gasteiger partial charge on any atom is 0.251 e. The molecule has 0 fully saturated rings. The molecule has 110 valence electrons. The minimum Gasteiger partial charge on any atom is -0.454 e. The highest BCUT2D eigenvalue weighted by molar-refractivity contribution is 9.10. The standard InChI is InChI=1S/C15H14BrClN2O2/c1-2-19-15(20)9-3-5-14(12(18)7-9)21-13-6-4-10(17)8-11(13)16/h3-8H,2,18H2,1H3,(H,19,20). The quantitative estimate of drug-likeness (QED) is 0.793. The first-order valence-electron chi connectivity index (χ1n) is 6.32. The molecule has 0 aliphatic rings. The molecule has 0 bridgehead atoms. The maximum atomic E-state index is 11.7. The van der Waals surface area contributed by atoms with Crippen molar-refractivity contribution >= 4 is 39.1 Å². The van der Waals surface area contributed by atoms with Crippen LogP contribution in [-0.4, -0.2) is 12.5 Å². The SMILES string of the molecule is CCNC(=O)c1ccc(Oc2ccc(Cl)cc2Br)c(N)c1. The van der Waals surface area contributed by atoms with Crippen molar-refractivity contribution in [2.45, 2.75) is 6.92 Å². The summed E-state index contributed by atoms with van der Waals surface area (Å²) in [7, 11) is 0. The zero-order valence-corrected chi connectivity index (χ0v) is 13.7. The van der Waals surface area contributed by atoms with Gasteiger partial charge in [-0.1, -0.05) is 11.6 Å². The Kier molecular flexibility index (Phi) is 5.09. The van der Waals surface area contributed by atoms with Gasteiger partial charge >= 0.3 is 0 Å². The fourth-order valence-corrected chi connectivity index (χ4v) is 2.49. The number of amides is 1. The summed E-state index contributed by atoms with van der Waals surface area (Å²) in [5.41, 5.74) is 6.82. The maximum absolute atomic E-state index is 11.7. The van der Waals surface area contributed by atoms with Crippen LogP contribution in [0.25, 0.3) is 0 Å². The number of anilines is 1. The van der Waals surface area contributed by atoms with Gasteiger partial charge in [-0.25, -0.2) is 0 Å². The van der Waals surface area contributed by atoms with Crippen LogP contribution in [0.1, 0.15) is 17.3 Å². The summed E-state index contributed by atoms with van der Waals surface area (Å²) in [5, 5.41) is 3.32. The Bertz CT molecular complexity index is 677. The van der Waals surface area contributed by atoms with E-state index in [1.165, 1.54) is 0 Å². The Balaban J connectivity index is 2.23. The Morgan fingerprint density at radius 1 is 1.29 bits per heavy atom. The predicted octanol–water partition coefficient (Wildman–Crippen LogP) is 4.23. The summed E-state index contributed by atoms with van der Waals surface area (Å²) in [6, 6.07) is 10.1. The summed E-state index contributed by atoms with van der Waals surface area (Å²) in [4.78, 5) is 11.7. The summed E-state index contributed by atoms with van der Waals surface area (Å²) in [6.45, 7) is 2.42. The Labute approximate surface area is 136 Å². The summed E-state index contributed by atoms with van der Waals surface area (Å²) in [6.07, 6.45) is 0. The van der Waals surface area contributed by atoms with Crippen LogP contribution in [0.2, 0.25) is 5.02 Å². The smallest absolute Gasteiger partial charge is 0.251 e. The molecule has 2 rings (SSSR count). The van der Waals surface area contributed by atoms with E-state index in [-0.39, 0.29) is 5.91 Å². The third-order valence-corrected chi connectivity index (χ3v) is 3.58. The third kappa shape index (κ3) is 3.89. The monoisotopic (exact) mass is 368 g/mol. The first-order chi connectivity index (χ1) is 10.0. The van der Waals surface area contributed by atoms with Crippen LogP contribution in [0.15, 0.2) is 40.9 Å². The van der Waals surface area contributed by atoms with E-state index in [1.54, 1.807) is 36.4 Å². The molecule has 0 aromatic heterocycles. The lowest BCUT2D eigenvalue weighted by Crippen LogP contribution is -2.22. The second-order valence-corrected chi connectivity index (χ2v) is 5.58. The molecule has 0 radical (unpaired) electrons. The molecule has 0 aliphatic heterocycles. The van der Waals surface area contributed by atoms with Crippen molar-refractivity contribution in [1.29, 1.82) is 0 Å². The average molecular weight is 370 g/mol. The van der Waals surface area contributed by atoms with Gasteiger partial charge in [-0.2, -0.15) is 0 Å². The highest BCUT2D eigenvalue weighted by atomic mass is 79.9. The molecule has 6 heteroatoms. The van der Waals surface area contributed by atoms with E-state index in [2.05, 4.69) is 21.2 Å². The topological polar surface area (TPSA) is 64.3 Å². The first kappa shape index (κ1) is 15.7. The van der Waals surface area contributed by atoms with Crippen molar-refractivity contribution in [2.75, 3.05) is 12.3 Å². The minimum atomic E-state index is -0.163. The van der Waals surface area contributed by atoms with Crippen LogP contribution in [0.5, 0.6) is 11.5 Å². The van der Waals surface area contributed by atoms with Crippen LogP contribution >= 0.6 is 27.5 Å². The molecule has 0 spiro atoms. The molecule has 0 atom stereocenters. The fourth-order valence-electron chi connectivity index (χ4n) is 1.72. The van der Waals surface area contributed by atoms with Gasteiger partial charge < -0.3 is 15.8 Å². The molecule has 4 nitrogen and oxygen atoms in total. The number of benzene rings is 2. The number of nitrogens with one attached hydrogen (secondary N) is 1. The van der Waals surface area contributed by atoms with Crippen LogP contribution in [0, 0.1) is 0 Å². The molecule has 0 unspecified atom stereocenters. The highest BCUT2D eigenvalue weighted by Crippen LogP contribution is 2.34. The summed E-state index contributed by atoms with van der Waals surface area (Å²) >= 11 is 9.25. The second-order valence-electron chi connectivity index (χ2n) is 4.29. The molecular weight excluding hydrogens is 356 g/mol. The van der Waals surface area contributed by atoms with Gasteiger partial charge in [0.15, 0.2) is 0 Å². The molecule has 3 N–H and O–H groups in total. The number of nitrogens with two attached hydrogens (primary N) is 1. The Morgan fingerprint density at radius 2 is 2.00 bits per heavy atom. The molecule has 0 aliphatic carbocycles. The predicted molar refractivity (Wildman–Crippen MR) is 88.1 cm³/mol. The molecule has 21 heavy (non-hydrogen) atoms. The van der Waals surface area contributed by atoms with Gasteiger partial charge in [0.1, 0.15) is 11.5 Å².